The number of piperazine rings is 1. The highest BCUT2D eigenvalue weighted by Crippen LogP contribution is 2.23. The van der Waals surface area contributed by atoms with Crippen LogP contribution >= 0.6 is 0 Å². The molecule has 2 atom stereocenters. The van der Waals surface area contributed by atoms with Crippen LogP contribution in [0.25, 0.3) is 0 Å². The van der Waals surface area contributed by atoms with E-state index >= 15 is 0 Å². The molecule has 0 bridgehead atoms. The van der Waals surface area contributed by atoms with E-state index in [1.807, 2.05) is 0 Å². The topological polar surface area (TPSA) is 31.4 Å². The number of nitrogens with zero attached hydrogens (tertiary/aromatic N) is 3. The highest BCUT2D eigenvalue weighted by Gasteiger charge is 2.28. The van der Waals surface area contributed by atoms with E-state index in [9.17, 15) is 4.39 Å². The third-order valence-corrected chi connectivity index (χ3v) is 4.27. The van der Waals surface area contributed by atoms with Gasteiger partial charge in [-0.2, -0.15) is 0 Å². The summed E-state index contributed by atoms with van der Waals surface area (Å²) in [6, 6.07) is 2.90. The van der Waals surface area contributed by atoms with Crippen molar-refractivity contribution in [2.45, 2.75) is 52.4 Å². The smallest absolute Gasteiger partial charge is 0.141 e. The summed E-state index contributed by atoms with van der Waals surface area (Å²) in [5.41, 5.74) is 0.938. The van der Waals surface area contributed by atoms with Crippen LogP contribution in [0.1, 0.15) is 33.3 Å². The lowest BCUT2D eigenvalue weighted by Gasteiger charge is -2.43. The van der Waals surface area contributed by atoms with Crippen molar-refractivity contribution in [3.8, 4) is 0 Å². The van der Waals surface area contributed by atoms with E-state index in [1.165, 1.54) is 6.20 Å². The largest absolute Gasteiger partial charge is 0.353 e. The van der Waals surface area contributed by atoms with Gasteiger partial charge in [0.2, 0.25) is 0 Å². The van der Waals surface area contributed by atoms with Gasteiger partial charge >= 0.3 is 0 Å². The predicted octanol–water partition coefficient (Wildman–Crippen LogP) is 2.25. The third-order valence-electron chi connectivity index (χ3n) is 4.27. The van der Waals surface area contributed by atoms with Crippen LogP contribution in [-0.2, 0) is 6.54 Å². The summed E-state index contributed by atoms with van der Waals surface area (Å²) in [5.74, 6) is 0.644. The lowest BCUT2D eigenvalue weighted by molar-refractivity contribution is 0.169. The number of rotatable bonds is 4. The summed E-state index contributed by atoms with van der Waals surface area (Å²) in [4.78, 5) is 9.03. The van der Waals surface area contributed by atoms with Crippen LogP contribution in [0, 0.1) is 5.82 Å². The lowest BCUT2D eigenvalue weighted by Crippen LogP contribution is -2.55. The lowest BCUT2D eigenvalue weighted by atomic mass is 10.1. The number of likely N-dealkylation sites (N-methyl/N-ethyl adjacent to an activating group) is 1. The SMILES string of the molecule is CC(C)NCc1cc(F)cnc1N1CC(C)N(C)C(C)C1. The maximum atomic E-state index is 13.5. The second-order valence-corrected chi connectivity index (χ2v) is 6.44. The van der Waals surface area contributed by atoms with E-state index in [-0.39, 0.29) is 5.82 Å². The van der Waals surface area contributed by atoms with Gasteiger partial charge in [-0.3, -0.25) is 4.90 Å². The molecule has 1 aromatic heterocycles. The molecule has 1 N–H and O–H groups in total. The van der Waals surface area contributed by atoms with Crippen molar-refractivity contribution in [1.82, 2.24) is 15.2 Å². The summed E-state index contributed by atoms with van der Waals surface area (Å²) < 4.78 is 13.5. The molecule has 118 valence electrons. The Kier molecular flexibility index (Phi) is 5.17. The molecular formula is C16H27FN4. The fourth-order valence-corrected chi connectivity index (χ4v) is 2.78. The van der Waals surface area contributed by atoms with Crippen LogP contribution in [0.2, 0.25) is 0 Å². The van der Waals surface area contributed by atoms with Crippen molar-refractivity contribution in [1.29, 1.82) is 0 Å². The molecule has 0 spiro atoms. The highest BCUT2D eigenvalue weighted by atomic mass is 19.1. The zero-order chi connectivity index (χ0) is 15.6. The van der Waals surface area contributed by atoms with Gasteiger partial charge in [0.05, 0.1) is 6.20 Å². The molecule has 0 aliphatic carbocycles. The molecule has 1 fully saturated rings. The average Bonchev–Trinajstić information content (AvgIpc) is 2.42. The number of halogens is 1. The molecule has 0 amide bonds. The Morgan fingerprint density at radius 1 is 1.33 bits per heavy atom. The molecule has 0 saturated carbocycles. The number of hydrogen-bond acceptors (Lipinski definition) is 4. The molecule has 2 unspecified atom stereocenters. The Bertz CT molecular complexity index is 465. The van der Waals surface area contributed by atoms with Gasteiger partial charge in [0.1, 0.15) is 11.6 Å². The maximum absolute atomic E-state index is 13.5. The number of pyridine rings is 1. The molecule has 1 aromatic rings. The van der Waals surface area contributed by atoms with Gasteiger partial charge in [0.25, 0.3) is 0 Å². The van der Waals surface area contributed by atoms with Crippen molar-refractivity contribution in [2.24, 2.45) is 0 Å². The number of aromatic nitrogens is 1. The second-order valence-electron chi connectivity index (χ2n) is 6.44. The van der Waals surface area contributed by atoms with Gasteiger partial charge < -0.3 is 10.2 Å². The summed E-state index contributed by atoms with van der Waals surface area (Å²) in [6.07, 6.45) is 1.32. The molecule has 21 heavy (non-hydrogen) atoms. The van der Waals surface area contributed by atoms with Crippen molar-refractivity contribution in [3.63, 3.8) is 0 Å². The Morgan fingerprint density at radius 2 is 1.95 bits per heavy atom. The van der Waals surface area contributed by atoms with Crippen LogP contribution < -0.4 is 10.2 Å². The average molecular weight is 294 g/mol. The number of anilines is 1. The highest BCUT2D eigenvalue weighted by molar-refractivity contribution is 5.48. The summed E-state index contributed by atoms with van der Waals surface area (Å²) in [7, 11) is 2.16. The van der Waals surface area contributed by atoms with E-state index in [1.54, 1.807) is 6.07 Å². The van der Waals surface area contributed by atoms with Crippen LogP contribution in [0.5, 0.6) is 0 Å². The van der Waals surface area contributed by atoms with Gasteiger partial charge in [0.15, 0.2) is 0 Å². The van der Waals surface area contributed by atoms with E-state index in [4.69, 9.17) is 0 Å². The van der Waals surface area contributed by atoms with Crippen molar-refractivity contribution >= 4 is 5.82 Å². The molecule has 0 aromatic carbocycles. The van der Waals surface area contributed by atoms with Crippen LogP contribution in [0.4, 0.5) is 10.2 Å². The third kappa shape index (κ3) is 3.92. The first-order valence-electron chi connectivity index (χ1n) is 7.73. The fraction of sp³-hybridized carbons (Fsp3) is 0.688. The second kappa shape index (κ2) is 6.71. The normalized spacial score (nSPS) is 23.9. The number of nitrogens with one attached hydrogen (secondary N) is 1. The van der Waals surface area contributed by atoms with E-state index in [0.717, 1.165) is 24.5 Å². The standard InChI is InChI=1S/C16H27FN4/c1-11(2)18-7-14-6-15(17)8-19-16(14)21-9-12(3)20(5)13(4)10-21/h6,8,11-13,18H,7,9-10H2,1-5H3. The summed E-state index contributed by atoms with van der Waals surface area (Å²) in [6.45, 7) is 11.1. The molecule has 2 rings (SSSR count). The zero-order valence-corrected chi connectivity index (χ0v) is 13.7. The number of hydrogen-bond donors (Lipinski definition) is 1. The molecule has 1 aliphatic heterocycles. The summed E-state index contributed by atoms with van der Waals surface area (Å²) >= 11 is 0. The fourth-order valence-electron chi connectivity index (χ4n) is 2.78. The van der Waals surface area contributed by atoms with Gasteiger partial charge in [-0.25, -0.2) is 9.37 Å². The molecule has 1 aliphatic rings. The van der Waals surface area contributed by atoms with Crippen molar-refractivity contribution < 1.29 is 4.39 Å². The molecule has 1 saturated heterocycles. The van der Waals surface area contributed by atoms with Crippen molar-refractivity contribution in [3.05, 3.63) is 23.6 Å². The quantitative estimate of drug-likeness (QED) is 0.923. The van der Waals surface area contributed by atoms with Crippen LogP contribution in [-0.4, -0.2) is 48.1 Å². The molecule has 5 heteroatoms. The minimum atomic E-state index is -0.269. The van der Waals surface area contributed by atoms with Crippen LogP contribution in [0.15, 0.2) is 12.3 Å². The van der Waals surface area contributed by atoms with Gasteiger partial charge in [-0.15, -0.1) is 0 Å². The Morgan fingerprint density at radius 3 is 2.52 bits per heavy atom. The Balaban J connectivity index is 2.22. The van der Waals surface area contributed by atoms with Gasteiger partial charge in [-0.05, 0) is 27.0 Å². The first-order chi connectivity index (χ1) is 9.88. The minimum Gasteiger partial charge on any atom is -0.353 e. The van der Waals surface area contributed by atoms with E-state index in [0.29, 0.717) is 24.7 Å². The Hall–Kier alpha value is -1.20. The Labute approximate surface area is 127 Å². The predicted molar refractivity (Wildman–Crippen MR) is 85.1 cm³/mol. The maximum Gasteiger partial charge on any atom is 0.141 e. The molecular weight excluding hydrogens is 267 g/mol. The molecule has 2 heterocycles. The first kappa shape index (κ1) is 16.2. The van der Waals surface area contributed by atoms with Crippen molar-refractivity contribution in [2.75, 3.05) is 25.0 Å². The van der Waals surface area contributed by atoms with E-state index in [2.05, 4.69) is 54.8 Å². The molecule has 0 radical (unpaired) electrons. The zero-order valence-electron chi connectivity index (χ0n) is 13.7. The van der Waals surface area contributed by atoms with Gasteiger partial charge in [-0.1, -0.05) is 13.8 Å². The minimum absolute atomic E-state index is 0.269. The summed E-state index contributed by atoms with van der Waals surface area (Å²) in [5, 5.41) is 3.36. The molecule has 4 nitrogen and oxygen atoms in total. The monoisotopic (exact) mass is 294 g/mol. The van der Waals surface area contributed by atoms with E-state index < -0.39 is 0 Å². The van der Waals surface area contributed by atoms with Crippen LogP contribution in [0.3, 0.4) is 0 Å². The van der Waals surface area contributed by atoms with Gasteiger partial charge in [0, 0.05) is 43.3 Å². The first-order valence-corrected chi connectivity index (χ1v) is 7.73.